The van der Waals surface area contributed by atoms with Crippen LogP contribution in [0.1, 0.15) is 34.7 Å². The number of pyridine rings is 1. The average Bonchev–Trinajstić information content (AvgIpc) is 2.03. The van der Waals surface area contributed by atoms with Crippen molar-refractivity contribution in [3.8, 4) is 0 Å². The fourth-order valence-electron chi connectivity index (χ4n) is 0.988. The molecule has 0 aliphatic rings. The first-order chi connectivity index (χ1) is 6.02. The highest BCUT2D eigenvalue weighted by Gasteiger charge is 2.12. The van der Waals surface area contributed by atoms with Crippen LogP contribution < -0.4 is 0 Å². The molecular weight excluding hydrogens is 190 g/mol. The van der Waals surface area contributed by atoms with Crippen LogP contribution in [-0.2, 0) is 0 Å². The van der Waals surface area contributed by atoms with Crippen LogP contribution in [0.2, 0.25) is 5.15 Å². The highest BCUT2D eigenvalue weighted by molar-refractivity contribution is 6.29. The van der Waals surface area contributed by atoms with E-state index in [-0.39, 0.29) is 22.4 Å². The molecule has 0 aromatic carbocycles. The molecule has 13 heavy (non-hydrogen) atoms. The summed E-state index contributed by atoms with van der Waals surface area (Å²) in [5, 5.41) is 0.218. The molecule has 0 saturated heterocycles. The van der Waals surface area contributed by atoms with Gasteiger partial charge in [-0.05, 0) is 19.1 Å². The lowest BCUT2D eigenvalue weighted by atomic mass is 10.1. The molecule has 0 radical (unpaired) electrons. The third kappa shape index (κ3) is 2.12. The Bertz CT molecular complexity index is 374. The molecule has 1 aromatic heterocycles. The van der Waals surface area contributed by atoms with Crippen LogP contribution in [0, 0.1) is 0 Å². The number of nitrogens with zero attached hydrogens (tertiary/aromatic N) is 1. The molecule has 68 valence electrons. The van der Waals surface area contributed by atoms with Gasteiger partial charge in [-0.15, -0.1) is 0 Å². The number of rotatable bonds is 2. The first kappa shape index (κ1) is 9.86. The summed E-state index contributed by atoms with van der Waals surface area (Å²) < 4.78 is 0. The van der Waals surface area contributed by atoms with Gasteiger partial charge in [0.15, 0.2) is 11.6 Å². The van der Waals surface area contributed by atoms with E-state index in [4.69, 9.17) is 11.6 Å². The number of carbonyl (C=O) groups excluding carboxylic acids is 2. The molecule has 3 nitrogen and oxygen atoms in total. The highest BCUT2D eigenvalue weighted by Crippen LogP contribution is 2.12. The minimum absolute atomic E-state index is 0.139. The van der Waals surface area contributed by atoms with E-state index in [0.29, 0.717) is 5.56 Å². The molecule has 0 unspecified atom stereocenters. The molecule has 0 bridgehead atoms. The van der Waals surface area contributed by atoms with E-state index in [2.05, 4.69) is 4.98 Å². The standard InChI is InChI=1S/C9H8ClNO2/c1-5(12)7-3-4-8(10)11-9(7)6(2)13/h3-4H,1-2H3. The second-order valence-corrected chi connectivity index (χ2v) is 3.03. The van der Waals surface area contributed by atoms with Crippen molar-refractivity contribution in [2.24, 2.45) is 0 Å². The van der Waals surface area contributed by atoms with Gasteiger partial charge in [0.1, 0.15) is 10.8 Å². The number of hydrogen-bond donors (Lipinski definition) is 0. The Labute approximate surface area is 80.7 Å². The number of halogens is 1. The summed E-state index contributed by atoms with van der Waals surface area (Å²) in [7, 11) is 0. The van der Waals surface area contributed by atoms with Gasteiger partial charge < -0.3 is 0 Å². The Morgan fingerprint density at radius 1 is 1.23 bits per heavy atom. The molecule has 0 amide bonds. The molecular formula is C9H8ClNO2. The first-order valence-electron chi connectivity index (χ1n) is 3.71. The lowest BCUT2D eigenvalue weighted by molar-refractivity contribution is 0.0977. The maximum Gasteiger partial charge on any atom is 0.178 e. The zero-order valence-electron chi connectivity index (χ0n) is 7.30. The van der Waals surface area contributed by atoms with Crippen LogP contribution in [0.4, 0.5) is 0 Å². The van der Waals surface area contributed by atoms with Gasteiger partial charge >= 0.3 is 0 Å². The molecule has 0 atom stereocenters. The topological polar surface area (TPSA) is 47.0 Å². The van der Waals surface area contributed by atoms with Crippen molar-refractivity contribution in [1.82, 2.24) is 4.98 Å². The summed E-state index contributed by atoms with van der Waals surface area (Å²) in [6, 6.07) is 3.00. The van der Waals surface area contributed by atoms with Gasteiger partial charge in [-0.1, -0.05) is 11.6 Å². The molecule has 0 spiro atoms. The van der Waals surface area contributed by atoms with Gasteiger partial charge in [-0.3, -0.25) is 9.59 Å². The van der Waals surface area contributed by atoms with E-state index < -0.39 is 0 Å². The summed E-state index contributed by atoms with van der Waals surface area (Å²) in [5.41, 5.74) is 0.455. The van der Waals surface area contributed by atoms with Gasteiger partial charge in [0.2, 0.25) is 0 Å². The predicted molar refractivity (Wildman–Crippen MR) is 49.3 cm³/mol. The van der Waals surface area contributed by atoms with Crippen LogP contribution in [-0.4, -0.2) is 16.6 Å². The summed E-state index contributed by atoms with van der Waals surface area (Å²) >= 11 is 5.59. The predicted octanol–water partition coefficient (Wildman–Crippen LogP) is 2.14. The van der Waals surface area contributed by atoms with Crippen LogP contribution in [0.25, 0.3) is 0 Å². The van der Waals surface area contributed by atoms with Gasteiger partial charge in [0.05, 0.1) is 0 Å². The Morgan fingerprint density at radius 2 is 1.85 bits per heavy atom. The van der Waals surface area contributed by atoms with Gasteiger partial charge in [0, 0.05) is 12.5 Å². The fraction of sp³-hybridized carbons (Fsp3) is 0.222. The molecule has 4 heteroatoms. The number of aromatic nitrogens is 1. The van der Waals surface area contributed by atoms with Gasteiger partial charge in [0.25, 0.3) is 0 Å². The lowest BCUT2D eigenvalue weighted by Crippen LogP contribution is -2.06. The van der Waals surface area contributed by atoms with Crippen molar-refractivity contribution in [3.05, 3.63) is 28.5 Å². The van der Waals surface area contributed by atoms with E-state index in [0.717, 1.165) is 0 Å². The monoisotopic (exact) mass is 197 g/mol. The Hall–Kier alpha value is -1.22. The maximum atomic E-state index is 11.0. The number of carbonyl (C=O) groups is 2. The Balaban J connectivity index is 3.35. The van der Waals surface area contributed by atoms with Crippen LogP contribution in [0.5, 0.6) is 0 Å². The zero-order chi connectivity index (χ0) is 10.0. The molecule has 0 aliphatic carbocycles. The van der Waals surface area contributed by atoms with E-state index >= 15 is 0 Å². The summed E-state index contributed by atoms with van der Waals surface area (Å²) in [4.78, 5) is 25.9. The van der Waals surface area contributed by atoms with Gasteiger partial charge in [-0.25, -0.2) is 4.98 Å². The third-order valence-corrected chi connectivity index (χ3v) is 1.78. The fourth-order valence-corrected chi connectivity index (χ4v) is 1.14. The second kappa shape index (κ2) is 3.66. The maximum absolute atomic E-state index is 11.0. The van der Waals surface area contributed by atoms with Crippen molar-refractivity contribution in [1.29, 1.82) is 0 Å². The molecule has 0 aliphatic heterocycles. The Kier molecular flexibility index (Phi) is 2.78. The number of hydrogen-bond acceptors (Lipinski definition) is 3. The largest absolute Gasteiger partial charge is 0.294 e. The molecule has 1 aromatic rings. The summed E-state index contributed by atoms with van der Waals surface area (Å²) in [5.74, 6) is -0.443. The van der Waals surface area contributed by atoms with Crippen LogP contribution in [0.3, 0.4) is 0 Å². The van der Waals surface area contributed by atoms with E-state index in [9.17, 15) is 9.59 Å². The average molecular weight is 198 g/mol. The van der Waals surface area contributed by atoms with Crippen molar-refractivity contribution >= 4 is 23.2 Å². The number of Topliss-reactive ketones (excluding diaryl/α,β-unsaturated/α-hetero) is 2. The summed E-state index contributed by atoms with van der Waals surface area (Å²) in [6.07, 6.45) is 0. The first-order valence-corrected chi connectivity index (χ1v) is 4.08. The van der Waals surface area contributed by atoms with Crippen molar-refractivity contribution in [2.45, 2.75) is 13.8 Å². The van der Waals surface area contributed by atoms with E-state index in [1.165, 1.54) is 26.0 Å². The Morgan fingerprint density at radius 3 is 2.31 bits per heavy atom. The molecule has 1 rings (SSSR count). The molecule has 0 fully saturated rings. The lowest BCUT2D eigenvalue weighted by Gasteiger charge is -2.01. The smallest absolute Gasteiger partial charge is 0.178 e. The molecule has 1 heterocycles. The van der Waals surface area contributed by atoms with Crippen molar-refractivity contribution < 1.29 is 9.59 Å². The quantitative estimate of drug-likeness (QED) is 0.539. The van der Waals surface area contributed by atoms with Gasteiger partial charge in [-0.2, -0.15) is 0 Å². The molecule has 0 saturated carbocycles. The van der Waals surface area contributed by atoms with Crippen LogP contribution in [0.15, 0.2) is 12.1 Å². The van der Waals surface area contributed by atoms with Crippen molar-refractivity contribution in [2.75, 3.05) is 0 Å². The zero-order valence-corrected chi connectivity index (χ0v) is 8.05. The molecule has 0 N–H and O–H groups in total. The summed E-state index contributed by atoms with van der Waals surface area (Å²) in [6.45, 7) is 2.74. The minimum atomic E-state index is -0.257. The van der Waals surface area contributed by atoms with Crippen molar-refractivity contribution in [3.63, 3.8) is 0 Å². The SMILES string of the molecule is CC(=O)c1ccc(Cl)nc1C(C)=O. The third-order valence-electron chi connectivity index (χ3n) is 1.57. The van der Waals surface area contributed by atoms with E-state index in [1.54, 1.807) is 0 Å². The second-order valence-electron chi connectivity index (χ2n) is 2.64. The minimum Gasteiger partial charge on any atom is -0.294 e. The normalized spacial score (nSPS) is 9.77. The highest BCUT2D eigenvalue weighted by atomic mass is 35.5. The number of ketones is 2. The van der Waals surface area contributed by atoms with E-state index in [1.807, 2.05) is 0 Å². The van der Waals surface area contributed by atoms with Crippen LogP contribution >= 0.6 is 11.6 Å².